The van der Waals surface area contributed by atoms with Gasteiger partial charge in [-0.05, 0) is 68.9 Å². The van der Waals surface area contributed by atoms with E-state index in [4.69, 9.17) is 4.74 Å². The van der Waals surface area contributed by atoms with Crippen molar-refractivity contribution >= 4 is 11.8 Å². The zero-order valence-electron chi connectivity index (χ0n) is 21.6. The van der Waals surface area contributed by atoms with Gasteiger partial charge in [0.2, 0.25) is 5.91 Å². The van der Waals surface area contributed by atoms with Crippen LogP contribution in [0.2, 0.25) is 0 Å². The summed E-state index contributed by atoms with van der Waals surface area (Å²) in [7, 11) is 0. The van der Waals surface area contributed by atoms with Crippen LogP contribution in [0.15, 0.2) is 42.5 Å². The zero-order valence-corrected chi connectivity index (χ0v) is 21.6. The van der Waals surface area contributed by atoms with Crippen molar-refractivity contribution in [2.45, 2.75) is 62.8 Å². The van der Waals surface area contributed by atoms with E-state index in [0.717, 1.165) is 25.0 Å². The van der Waals surface area contributed by atoms with Gasteiger partial charge in [-0.25, -0.2) is 4.39 Å². The molecule has 2 heterocycles. The predicted octanol–water partition coefficient (Wildman–Crippen LogP) is 5.14. The van der Waals surface area contributed by atoms with Gasteiger partial charge in [0.15, 0.2) is 0 Å². The Bertz CT molecular complexity index is 1330. The molecule has 4 atom stereocenters. The first-order chi connectivity index (χ1) is 18.4. The maximum Gasteiger partial charge on any atom is 0.416 e. The van der Waals surface area contributed by atoms with Crippen LogP contribution in [0.1, 0.15) is 66.2 Å². The number of nitrogens with one attached hydrogen (secondary N) is 1. The number of benzene rings is 2. The van der Waals surface area contributed by atoms with Crippen molar-refractivity contribution in [3.05, 3.63) is 70.5 Å². The van der Waals surface area contributed by atoms with Crippen LogP contribution < -0.4 is 5.32 Å². The molecule has 6 nitrogen and oxygen atoms in total. The predicted molar refractivity (Wildman–Crippen MR) is 133 cm³/mol. The maximum atomic E-state index is 14.9. The third kappa shape index (κ3) is 5.00. The standard InChI is InChI=1S/C29H29F4N3O3/c1-28(2,15-34)19-5-3-4-17(10-19)27(38)36-23-9-6-16(23)11-24(36)26(37)35-25(18-13-39-14-18)21-8-7-20(12-22(21)30)29(31,32)33/h3-5,7-8,10,12,16,18,23-25H,6,9,11,13-14H2,1-2H3,(H,35,37)/t16-,23-,24-,25-/m1/s1. The van der Waals surface area contributed by atoms with E-state index in [2.05, 4.69) is 11.4 Å². The molecule has 0 radical (unpaired) electrons. The molecule has 1 N–H and O–H groups in total. The number of nitriles is 1. The summed E-state index contributed by atoms with van der Waals surface area (Å²) in [4.78, 5) is 29.0. The summed E-state index contributed by atoms with van der Waals surface area (Å²) in [6.07, 6.45) is -2.60. The van der Waals surface area contributed by atoms with Crippen LogP contribution in [0.3, 0.4) is 0 Å². The van der Waals surface area contributed by atoms with E-state index >= 15 is 0 Å². The van der Waals surface area contributed by atoms with Crippen molar-refractivity contribution in [2.75, 3.05) is 13.2 Å². The normalized spacial score (nSPS) is 23.7. The molecule has 206 valence electrons. The van der Waals surface area contributed by atoms with E-state index in [1.54, 1.807) is 43.0 Å². The second-order valence-corrected chi connectivity index (χ2v) is 11.2. The molecular formula is C29H29F4N3O3. The van der Waals surface area contributed by atoms with Gasteiger partial charge in [0, 0.05) is 23.1 Å². The van der Waals surface area contributed by atoms with Gasteiger partial charge >= 0.3 is 6.18 Å². The van der Waals surface area contributed by atoms with Gasteiger partial charge in [0.25, 0.3) is 5.91 Å². The molecule has 0 aromatic heterocycles. The Kier molecular flexibility index (Phi) is 6.91. The van der Waals surface area contributed by atoms with Crippen LogP contribution in [0, 0.1) is 29.0 Å². The number of ether oxygens (including phenoxy) is 1. The molecule has 5 rings (SSSR count). The lowest BCUT2D eigenvalue weighted by Gasteiger charge is -2.38. The first kappa shape index (κ1) is 27.1. The minimum Gasteiger partial charge on any atom is -0.381 e. The third-order valence-corrected chi connectivity index (χ3v) is 8.34. The van der Waals surface area contributed by atoms with Crippen molar-refractivity contribution in [1.29, 1.82) is 5.26 Å². The molecular weight excluding hydrogens is 514 g/mol. The number of hydrogen-bond acceptors (Lipinski definition) is 4. The Hall–Kier alpha value is -3.45. The van der Waals surface area contributed by atoms with Crippen LogP contribution in [-0.2, 0) is 21.1 Å². The number of nitrogens with zero attached hydrogens (tertiary/aromatic N) is 2. The minimum atomic E-state index is -4.69. The highest BCUT2D eigenvalue weighted by atomic mass is 19.4. The van der Waals surface area contributed by atoms with E-state index in [-0.39, 0.29) is 42.6 Å². The fourth-order valence-electron chi connectivity index (χ4n) is 5.71. The molecule has 1 aliphatic carbocycles. The maximum absolute atomic E-state index is 14.9. The molecule has 0 unspecified atom stereocenters. The summed E-state index contributed by atoms with van der Waals surface area (Å²) in [6.45, 7) is 3.97. The summed E-state index contributed by atoms with van der Waals surface area (Å²) in [5.74, 6) is -1.99. The lowest BCUT2D eigenvalue weighted by atomic mass is 9.80. The molecule has 10 heteroatoms. The van der Waals surface area contributed by atoms with Crippen LogP contribution in [0.4, 0.5) is 17.6 Å². The van der Waals surface area contributed by atoms with Gasteiger partial charge in [-0.15, -0.1) is 0 Å². The highest BCUT2D eigenvalue weighted by molar-refractivity contribution is 5.98. The van der Waals surface area contributed by atoms with Crippen LogP contribution >= 0.6 is 0 Å². The number of rotatable bonds is 6. The average Bonchev–Trinajstić information content (AvgIpc) is 3.11. The number of carbonyl (C=O) groups excluding carboxylic acids is 2. The van der Waals surface area contributed by atoms with Crippen molar-refractivity contribution in [3.63, 3.8) is 0 Å². The van der Waals surface area contributed by atoms with Crippen molar-refractivity contribution in [1.82, 2.24) is 10.2 Å². The molecule has 2 amide bonds. The van der Waals surface area contributed by atoms with E-state index in [1.807, 2.05) is 0 Å². The van der Waals surface area contributed by atoms with Gasteiger partial charge in [-0.3, -0.25) is 9.59 Å². The highest BCUT2D eigenvalue weighted by Gasteiger charge is 2.52. The van der Waals surface area contributed by atoms with E-state index in [9.17, 15) is 32.4 Å². The fourth-order valence-corrected chi connectivity index (χ4v) is 5.71. The van der Waals surface area contributed by atoms with Crippen LogP contribution in [0.25, 0.3) is 0 Å². The van der Waals surface area contributed by atoms with Gasteiger partial charge in [-0.2, -0.15) is 18.4 Å². The number of carbonyl (C=O) groups is 2. The summed E-state index contributed by atoms with van der Waals surface area (Å²) >= 11 is 0. The number of halogens is 4. The molecule has 1 saturated carbocycles. The van der Waals surface area contributed by atoms with Crippen molar-refractivity contribution in [3.8, 4) is 6.07 Å². The molecule has 3 fully saturated rings. The number of likely N-dealkylation sites (tertiary alicyclic amines) is 1. The Balaban J connectivity index is 1.41. The Morgan fingerprint density at radius 2 is 1.85 bits per heavy atom. The minimum absolute atomic E-state index is 0.0464. The highest BCUT2D eigenvalue weighted by Crippen LogP contribution is 2.45. The molecule has 2 aromatic carbocycles. The molecule has 2 aliphatic heterocycles. The molecule has 39 heavy (non-hydrogen) atoms. The topological polar surface area (TPSA) is 82.4 Å². The van der Waals surface area contributed by atoms with Crippen LogP contribution in [-0.4, -0.2) is 42.0 Å². The van der Waals surface area contributed by atoms with Gasteiger partial charge in [0.05, 0.1) is 36.3 Å². The van der Waals surface area contributed by atoms with E-state index in [1.165, 1.54) is 0 Å². The zero-order chi connectivity index (χ0) is 28.1. The van der Waals surface area contributed by atoms with Crippen LogP contribution in [0.5, 0.6) is 0 Å². The third-order valence-electron chi connectivity index (χ3n) is 8.34. The number of hydrogen-bond donors (Lipinski definition) is 1. The summed E-state index contributed by atoms with van der Waals surface area (Å²) in [5.41, 5.74) is -0.900. The molecule has 0 bridgehead atoms. The molecule has 2 saturated heterocycles. The fraction of sp³-hybridized carbons (Fsp3) is 0.483. The smallest absolute Gasteiger partial charge is 0.381 e. The molecule has 0 spiro atoms. The van der Waals surface area contributed by atoms with Crippen molar-refractivity contribution < 1.29 is 31.9 Å². The monoisotopic (exact) mass is 543 g/mol. The average molecular weight is 544 g/mol. The Labute approximate surface area is 223 Å². The lowest BCUT2D eigenvalue weighted by Crippen LogP contribution is -2.53. The second kappa shape index (κ2) is 9.94. The number of alkyl halides is 3. The largest absolute Gasteiger partial charge is 0.416 e. The summed E-state index contributed by atoms with van der Waals surface area (Å²) in [6, 6.07) is 9.56. The second-order valence-electron chi connectivity index (χ2n) is 11.2. The summed E-state index contributed by atoms with van der Waals surface area (Å²) < 4.78 is 59.4. The lowest BCUT2D eigenvalue weighted by molar-refractivity contribution is -0.138. The Morgan fingerprint density at radius 1 is 1.10 bits per heavy atom. The van der Waals surface area contributed by atoms with E-state index in [0.29, 0.717) is 23.6 Å². The first-order valence-corrected chi connectivity index (χ1v) is 13.0. The van der Waals surface area contributed by atoms with E-state index < -0.39 is 41.0 Å². The first-order valence-electron chi connectivity index (χ1n) is 13.0. The van der Waals surface area contributed by atoms with Crippen molar-refractivity contribution in [2.24, 2.45) is 11.8 Å². The number of amides is 2. The number of fused-ring (bicyclic) bond motifs is 1. The molecule has 3 aliphatic rings. The van der Waals surface area contributed by atoms with Gasteiger partial charge < -0.3 is 15.0 Å². The van der Waals surface area contributed by atoms with Gasteiger partial charge in [-0.1, -0.05) is 18.2 Å². The van der Waals surface area contributed by atoms with Gasteiger partial charge in [0.1, 0.15) is 11.9 Å². The Morgan fingerprint density at radius 3 is 2.41 bits per heavy atom. The SMILES string of the molecule is CC(C)(C#N)c1cccc(C(=O)N2[C@@H](C(=O)N[C@@H](c3ccc(C(F)(F)F)cc3F)C3COC3)C[C@H]3CC[C@H]32)c1. The quantitative estimate of drug-likeness (QED) is 0.512. The summed E-state index contributed by atoms with van der Waals surface area (Å²) in [5, 5.41) is 12.4. The molecule has 2 aromatic rings.